The summed E-state index contributed by atoms with van der Waals surface area (Å²) in [5, 5.41) is 0. The van der Waals surface area contributed by atoms with Crippen molar-refractivity contribution in [3.05, 3.63) is 58.9 Å². The Morgan fingerprint density at radius 1 is 1.17 bits per heavy atom. The van der Waals surface area contributed by atoms with E-state index in [1.54, 1.807) is 13.3 Å². The van der Waals surface area contributed by atoms with Gasteiger partial charge in [-0.1, -0.05) is 25.1 Å². The summed E-state index contributed by atoms with van der Waals surface area (Å²) < 4.78 is 5.12. The van der Waals surface area contributed by atoms with Crippen molar-refractivity contribution >= 4 is 5.78 Å². The second-order valence-electron chi connectivity index (χ2n) is 6.75. The number of hydrogen-bond acceptors (Lipinski definition) is 3. The smallest absolute Gasteiger partial charge is 0.137 e. The molecule has 126 valence electrons. The molecule has 0 N–H and O–H groups in total. The minimum Gasteiger partial charge on any atom is -0.495 e. The quantitative estimate of drug-likeness (QED) is 0.797. The Labute approximate surface area is 144 Å². The Balaban J connectivity index is 1.60. The lowest BCUT2D eigenvalue weighted by atomic mass is 9.89. The van der Waals surface area contributed by atoms with E-state index in [2.05, 4.69) is 30.1 Å². The highest BCUT2D eigenvalue weighted by Crippen LogP contribution is 2.24. The minimum atomic E-state index is 0.126. The van der Waals surface area contributed by atoms with Crippen LogP contribution in [0.2, 0.25) is 0 Å². The van der Waals surface area contributed by atoms with E-state index in [1.165, 1.54) is 30.4 Å². The number of fused-ring (bicyclic) bond motifs is 1. The van der Waals surface area contributed by atoms with Crippen LogP contribution in [0.1, 0.15) is 54.5 Å². The van der Waals surface area contributed by atoms with Gasteiger partial charge in [-0.3, -0.25) is 9.78 Å². The lowest BCUT2D eigenvalue weighted by Gasteiger charge is -2.16. The third kappa shape index (κ3) is 4.02. The van der Waals surface area contributed by atoms with Crippen LogP contribution in [-0.2, 0) is 24.1 Å². The van der Waals surface area contributed by atoms with Crippen molar-refractivity contribution in [1.29, 1.82) is 0 Å². The summed E-state index contributed by atoms with van der Waals surface area (Å²) in [7, 11) is 1.63. The van der Waals surface area contributed by atoms with E-state index in [0.29, 0.717) is 12.8 Å². The van der Waals surface area contributed by atoms with E-state index in [-0.39, 0.29) is 11.7 Å². The maximum absolute atomic E-state index is 12.4. The summed E-state index contributed by atoms with van der Waals surface area (Å²) >= 11 is 0. The standard InChI is InChI=1S/C21H25NO2/c1-15(21-10-9-20(24-2)14-22-21)11-19(23)13-16-7-8-17-5-3-4-6-18(17)12-16/h7-10,12,14-15H,3-6,11,13H2,1-2H3/t15-/m0/s1. The van der Waals surface area contributed by atoms with Crippen LogP contribution >= 0.6 is 0 Å². The largest absolute Gasteiger partial charge is 0.495 e. The minimum absolute atomic E-state index is 0.126. The molecule has 1 aliphatic rings. The van der Waals surface area contributed by atoms with Crippen molar-refractivity contribution in [3.8, 4) is 5.75 Å². The predicted molar refractivity (Wildman–Crippen MR) is 95.6 cm³/mol. The van der Waals surface area contributed by atoms with Crippen LogP contribution in [0.25, 0.3) is 0 Å². The number of rotatable bonds is 6. The maximum Gasteiger partial charge on any atom is 0.137 e. The first kappa shape index (κ1) is 16.7. The number of hydrogen-bond donors (Lipinski definition) is 0. The first-order valence-electron chi connectivity index (χ1n) is 8.78. The van der Waals surface area contributed by atoms with E-state index in [4.69, 9.17) is 4.74 Å². The van der Waals surface area contributed by atoms with Crippen molar-refractivity contribution in [1.82, 2.24) is 4.98 Å². The second kappa shape index (κ2) is 7.61. The zero-order chi connectivity index (χ0) is 16.9. The van der Waals surface area contributed by atoms with Gasteiger partial charge in [-0.25, -0.2) is 0 Å². The van der Waals surface area contributed by atoms with E-state index < -0.39 is 0 Å². The number of carbonyl (C=O) groups is 1. The average Bonchev–Trinajstić information content (AvgIpc) is 2.61. The van der Waals surface area contributed by atoms with Crippen molar-refractivity contribution in [2.75, 3.05) is 7.11 Å². The predicted octanol–water partition coefficient (Wildman–Crippen LogP) is 4.27. The highest BCUT2D eigenvalue weighted by atomic mass is 16.5. The van der Waals surface area contributed by atoms with Crippen LogP contribution in [0.3, 0.4) is 0 Å². The third-order valence-electron chi connectivity index (χ3n) is 4.85. The molecule has 1 aliphatic carbocycles. The molecule has 2 aromatic rings. The lowest BCUT2D eigenvalue weighted by Crippen LogP contribution is -2.10. The summed E-state index contributed by atoms with van der Waals surface area (Å²) in [5.74, 6) is 1.14. The van der Waals surface area contributed by atoms with Crippen LogP contribution in [0.15, 0.2) is 36.5 Å². The molecule has 3 rings (SSSR count). The van der Waals surface area contributed by atoms with Crippen molar-refractivity contribution in [2.24, 2.45) is 0 Å². The van der Waals surface area contributed by atoms with Gasteiger partial charge in [0.05, 0.1) is 13.3 Å². The maximum atomic E-state index is 12.4. The summed E-state index contributed by atoms with van der Waals surface area (Å²) in [6.07, 6.45) is 7.65. The van der Waals surface area contributed by atoms with Crippen LogP contribution < -0.4 is 4.74 Å². The van der Waals surface area contributed by atoms with Gasteiger partial charge in [0.1, 0.15) is 11.5 Å². The fraction of sp³-hybridized carbons (Fsp3) is 0.429. The number of aryl methyl sites for hydroxylation is 2. The molecule has 0 fully saturated rings. The van der Waals surface area contributed by atoms with E-state index >= 15 is 0 Å². The average molecular weight is 323 g/mol. The highest BCUT2D eigenvalue weighted by molar-refractivity contribution is 5.81. The highest BCUT2D eigenvalue weighted by Gasteiger charge is 2.15. The third-order valence-corrected chi connectivity index (χ3v) is 4.85. The summed E-state index contributed by atoms with van der Waals surface area (Å²) in [6, 6.07) is 10.4. The van der Waals surface area contributed by atoms with Crippen molar-refractivity contribution in [3.63, 3.8) is 0 Å². The summed E-state index contributed by atoms with van der Waals surface area (Å²) in [5.41, 5.74) is 5.00. The van der Waals surface area contributed by atoms with Crippen molar-refractivity contribution in [2.45, 2.75) is 51.4 Å². The Morgan fingerprint density at radius 3 is 2.67 bits per heavy atom. The van der Waals surface area contributed by atoms with Gasteiger partial charge in [0, 0.05) is 24.5 Å². The van der Waals surface area contributed by atoms with Gasteiger partial charge >= 0.3 is 0 Å². The number of Topliss-reactive ketones (excluding diaryl/α,β-unsaturated/α-hetero) is 1. The van der Waals surface area contributed by atoms with E-state index in [0.717, 1.165) is 23.4 Å². The Hall–Kier alpha value is -2.16. The number of aromatic nitrogens is 1. The van der Waals surface area contributed by atoms with Gasteiger partial charge in [-0.2, -0.15) is 0 Å². The fourth-order valence-electron chi connectivity index (χ4n) is 3.45. The number of methoxy groups -OCH3 is 1. The number of ketones is 1. The van der Waals surface area contributed by atoms with Gasteiger partial charge in [-0.05, 0) is 54.5 Å². The molecule has 1 heterocycles. The number of carbonyl (C=O) groups excluding carboxylic acids is 1. The van der Waals surface area contributed by atoms with E-state index in [9.17, 15) is 4.79 Å². The molecule has 1 aromatic carbocycles. The van der Waals surface area contributed by atoms with Gasteiger partial charge in [0.2, 0.25) is 0 Å². The molecule has 0 radical (unpaired) electrons. The molecule has 1 atom stereocenters. The molecular weight excluding hydrogens is 298 g/mol. The van der Waals surface area contributed by atoms with E-state index in [1.807, 2.05) is 12.1 Å². The number of ether oxygens (including phenoxy) is 1. The zero-order valence-corrected chi connectivity index (χ0v) is 14.5. The fourth-order valence-corrected chi connectivity index (χ4v) is 3.45. The monoisotopic (exact) mass is 323 g/mol. The van der Waals surface area contributed by atoms with Gasteiger partial charge in [0.25, 0.3) is 0 Å². The molecule has 0 bridgehead atoms. The molecule has 0 saturated heterocycles. The molecule has 0 unspecified atom stereocenters. The van der Waals surface area contributed by atoms with Gasteiger partial charge in [-0.15, -0.1) is 0 Å². The summed E-state index contributed by atoms with van der Waals surface area (Å²) in [4.78, 5) is 16.8. The normalized spacial score (nSPS) is 14.8. The molecule has 0 spiro atoms. The van der Waals surface area contributed by atoms with Gasteiger partial charge in [0.15, 0.2) is 0 Å². The van der Waals surface area contributed by atoms with Crippen LogP contribution in [0.5, 0.6) is 5.75 Å². The number of pyridine rings is 1. The van der Waals surface area contributed by atoms with Crippen LogP contribution in [0.4, 0.5) is 0 Å². The van der Waals surface area contributed by atoms with Gasteiger partial charge < -0.3 is 4.74 Å². The molecule has 24 heavy (non-hydrogen) atoms. The summed E-state index contributed by atoms with van der Waals surface area (Å²) in [6.45, 7) is 2.06. The first-order valence-corrected chi connectivity index (χ1v) is 8.78. The molecule has 3 heteroatoms. The second-order valence-corrected chi connectivity index (χ2v) is 6.75. The Morgan fingerprint density at radius 2 is 1.96 bits per heavy atom. The van der Waals surface area contributed by atoms with Crippen LogP contribution in [0, 0.1) is 0 Å². The lowest BCUT2D eigenvalue weighted by molar-refractivity contribution is -0.118. The molecular formula is C21H25NO2. The number of benzene rings is 1. The van der Waals surface area contributed by atoms with Crippen LogP contribution in [-0.4, -0.2) is 17.9 Å². The molecule has 0 amide bonds. The van der Waals surface area contributed by atoms with Crippen molar-refractivity contribution < 1.29 is 9.53 Å². The first-order chi connectivity index (χ1) is 11.7. The topological polar surface area (TPSA) is 39.2 Å². The molecule has 0 aliphatic heterocycles. The zero-order valence-electron chi connectivity index (χ0n) is 14.5. The number of nitrogens with zero attached hydrogens (tertiary/aromatic N) is 1. The Bertz CT molecular complexity index is 706. The molecule has 1 aromatic heterocycles. The molecule has 3 nitrogen and oxygen atoms in total. The molecule has 0 saturated carbocycles. The Kier molecular flexibility index (Phi) is 5.29. The SMILES string of the molecule is COc1ccc([C@@H](C)CC(=O)Cc2ccc3c(c2)CCCC3)nc1.